The maximum Gasteiger partial charge on any atom is 0.0953 e. The summed E-state index contributed by atoms with van der Waals surface area (Å²) in [6.45, 7) is 6.13. The van der Waals surface area contributed by atoms with E-state index in [-0.39, 0.29) is 11.6 Å². The molecule has 0 spiro atoms. The fraction of sp³-hybridized carbons (Fsp3) is 0.500. The van der Waals surface area contributed by atoms with Crippen molar-refractivity contribution < 1.29 is 4.74 Å². The predicted octanol–water partition coefficient (Wildman–Crippen LogP) is 2.36. The molecule has 0 aromatic heterocycles. The van der Waals surface area contributed by atoms with E-state index in [1.54, 1.807) is 0 Å². The van der Waals surface area contributed by atoms with Gasteiger partial charge in [-0.25, -0.2) is 0 Å². The lowest BCUT2D eigenvalue weighted by molar-refractivity contribution is -0.0953. The van der Waals surface area contributed by atoms with Gasteiger partial charge >= 0.3 is 0 Å². The van der Waals surface area contributed by atoms with Gasteiger partial charge in [0.25, 0.3) is 0 Å². The Morgan fingerprint density at radius 1 is 1.41 bits per heavy atom. The molecule has 17 heavy (non-hydrogen) atoms. The van der Waals surface area contributed by atoms with E-state index in [2.05, 4.69) is 36.9 Å². The van der Waals surface area contributed by atoms with Gasteiger partial charge in [-0.15, -0.1) is 0 Å². The zero-order valence-corrected chi connectivity index (χ0v) is 10.4. The first-order chi connectivity index (χ1) is 8.13. The summed E-state index contributed by atoms with van der Waals surface area (Å²) in [5.41, 5.74) is 1.13. The molecule has 3 heteroatoms. The molecule has 0 unspecified atom stereocenters. The Kier molecular flexibility index (Phi) is 3.46. The van der Waals surface area contributed by atoms with Crippen LogP contribution in [0.25, 0.3) is 0 Å². The zero-order chi connectivity index (χ0) is 12.3. The van der Waals surface area contributed by atoms with Gasteiger partial charge in [0.05, 0.1) is 25.3 Å². The van der Waals surface area contributed by atoms with Gasteiger partial charge in [-0.2, -0.15) is 5.26 Å². The Morgan fingerprint density at radius 2 is 2.12 bits per heavy atom. The molecule has 0 bridgehead atoms. The molecule has 1 aromatic rings. The molecule has 3 nitrogen and oxygen atoms in total. The smallest absolute Gasteiger partial charge is 0.0953 e. The van der Waals surface area contributed by atoms with Crippen molar-refractivity contribution in [2.45, 2.75) is 25.5 Å². The summed E-state index contributed by atoms with van der Waals surface area (Å²) in [4.78, 5) is 2.19. The average Bonchev–Trinajstić information content (AvgIpc) is 2.33. The van der Waals surface area contributed by atoms with E-state index < -0.39 is 0 Å². The summed E-state index contributed by atoms with van der Waals surface area (Å²) in [6, 6.07) is 12.4. The SMILES string of the molecule is CC1(C)CO[C@H](c2ccccc2)CN1CC#N. The van der Waals surface area contributed by atoms with Crippen molar-refractivity contribution in [1.29, 1.82) is 5.26 Å². The van der Waals surface area contributed by atoms with Crippen LogP contribution in [0.4, 0.5) is 0 Å². The molecule has 1 aromatic carbocycles. The highest BCUT2D eigenvalue weighted by Crippen LogP contribution is 2.29. The fourth-order valence-corrected chi connectivity index (χ4v) is 2.13. The second kappa shape index (κ2) is 4.87. The normalized spacial score (nSPS) is 24.2. The van der Waals surface area contributed by atoms with Gasteiger partial charge in [-0.1, -0.05) is 30.3 Å². The van der Waals surface area contributed by atoms with Crippen molar-refractivity contribution >= 4 is 0 Å². The third-order valence-electron chi connectivity index (χ3n) is 3.31. The van der Waals surface area contributed by atoms with Crippen LogP contribution < -0.4 is 0 Å². The summed E-state index contributed by atoms with van der Waals surface area (Å²) in [6.07, 6.45) is 0.0811. The van der Waals surface area contributed by atoms with Crippen LogP contribution in [0.15, 0.2) is 30.3 Å². The molecule has 0 radical (unpaired) electrons. The molecule has 1 saturated heterocycles. The molecule has 2 rings (SSSR count). The molecule has 90 valence electrons. The quantitative estimate of drug-likeness (QED) is 0.732. The molecule has 0 saturated carbocycles. The van der Waals surface area contributed by atoms with Gasteiger partial charge in [0.1, 0.15) is 0 Å². The molecule has 0 aliphatic carbocycles. The second-order valence-corrected chi connectivity index (χ2v) is 5.06. The first-order valence-electron chi connectivity index (χ1n) is 5.92. The molecule has 1 heterocycles. The minimum Gasteiger partial charge on any atom is -0.370 e. The van der Waals surface area contributed by atoms with Gasteiger partial charge in [-0.05, 0) is 19.4 Å². The van der Waals surface area contributed by atoms with Gasteiger partial charge in [0, 0.05) is 12.1 Å². The van der Waals surface area contributed by atoms with Crippen LogP contribution in [0.1, 0.15) is 25.5 Å². The second-order valence-electron chi connectivity index (χ2n) is 5.06. The van der Waals surface area contributed by atoms with E-state index >= 15 is 0 Å². The molecule has 0 amide bonds. The van der Waals surface area contributed by atoms with Gasteiger partial charge in [-0.3, -0.25) is 4.90 Å². The van der Waals surface area contributed by atoms with Crippen LogP contribution in [0.2, 0.25) is 0 Å². The average molecular weight is 230 g/mol. The summed E-state index contributed by atoms with van der Waals surface area (Å²) < 4.78 is 5.90. The van der Waals surface area contributed by atoms with Crippen molar-refractivity contribution in [1.82, 2.24) is 4.90 Å². The summed E-state index contributed by atoms with van der Waals surface area (Å²) in [5.74, 6) is 0. The van der Waals surface area contributed by atoms with Crippen LogP contribution >= 0.6 is 0 Å². The third-order valence-corrected chi connectivity index (χ3v) is 3.31. The Morgan fingerprint density at radius 3 is 2.76 bits per heavy atom. The van der Waals surface area contributed by atoms with Crippen molar-refractivity contribution in [3.8, 4) is 6.07 Å². The van der Waals surface area contributed by atoms with Crippen LogP contribution in [-0.4, -0.2) is 30.1 Å². The third kappa shape index (κ3) is 2.66. The molecule has 1 aliphatic heterocycles. The number of nitriles is 1. The van der Waals surface area contributed by atoms with Gasteiger partial charge < -0.3 is 4.74 Å². The standard InChI is InChI=1S/C14H18N2O/c1-14(2)11-17-13(10-16(14)9-8-15)12-6-4-3-5-7-12/h3-7,13H,9-11H2,1-2H3/t13-/m0/s1. The molecular formula is C14H18N2O. The number of morpholine rings is 1. The molecular weight excluding hydrogens is 212 g/mol. The lowest BCUT2D eigenvalue weighted by atomic mass is 9.98. The Bertz CT molecular complexity index is 408. The lowest BCUT2D eigenvalue weighted by Gasteiger charge is -2.44. The summed E-state index contributed by atoms with van der Waals surface area (Å²) in [7, 11) is 0. The highest BCUT2D eigenvalue weighted by Gasteiger charge is 2.35. The van der Waals surface area contributed by atoms with Crippen LogP contribution in [0, 0.1) is 11.3 Å². The lowest BCUT2D eigenvalue weighted by Crippen LogP contribution is -2.53. The monoisotopic (exact) mass is 230 g/mol. The zero-order valence-electron chi connectivity index (χ0n) is 10.4. The number of nitrogens with zero attached hydrogens (tertiary/aromatic N) is 2. The number of benzene rings is 1. The maximum atomic E-state index is 8.88. The Balaban J connectivity index is 2.12. The van der Waals surface area contributed by atoms with E-state index in [0.717, 1.165) is 6.54 Å². The first kappa shape index (κ1) is 12.1. The highest BCUT2D eigenvalue weighted by atomic mass is 16.5. The predicted molar refractivity (Wildman–Crippen MR) is 66.4 cm³/mol. The van der Waals surface area contributed by atoms with Gasteiger partial charge in [0.2, 0.25) is 0 Å². The van der Waals surface area contributed by atoms with Gasteiger partial charge in [0.15, 0.2) is 0 Å². The number of hydrogen-bond acceptors (Lipinski definition) is 3. The largest absolute Gasteiger partial charge is 0.370 e. The maximum absolute atomic E-state index is 8.88. The summed E-state index contributed by atoms with van der Waals surface area (Å²) in [5, 5.41) is 8.88. The van der Waals surface area contributed by atoms with Crippen molar-refractivity contribution in [3.05, 3.63) is 35.9 Å². The van der Waals surface area contributed by atoms with Crippen molar-refractivity contribution in [2.24, 2.45) is 0 Å². The first-order valence-corrected chi connectivity index (χ1v) is 5.92. The van der Waals surface area contributed by atoms with Crippen LogP contribution in [0.5, 0.6) is 0 Å². The molecule has 1 atom stereocenters. The summed E-state index contributed by atoms with van der Waals surface area (Å²) >= 11 is 0. The molecule has 0 N–H and O–H groups in total. The van der Waals surface area contributed by atoms with E-state index in [0.29, 0.717) is 13.2 Å². The minimum absolute atomic E-state index is 0.0546. The number of rotatable bonds is 2. The van der Waals surface area contributed by atoms with E-state index in [4.69, 9.17) is 10.00 Å². The molecule has 1 fully saturated rings. The van der Waals surface area contributed by atoms with Crippen molar-refractivity contribution in [3.63, 3.8) is 0 Å². The number of hydrogen-bond donors (Lipinski definition) is 0. The topological polar surface area (TPSA) is 36.3 Å². The highest BCUT2D eigenvalue weighted by molar-refractivity contribution is 5.19. The van der Waals surface area contributed by atoms with Crippen LogP contribution in [-0.2, 0) is 4.74 Å². The Labute approximate surface area is 103 Å². The van der Waals surface area contributed by atoms with E-state index in [9.17, 15) is 0 Å². The number of ether oxygens (including phenoxy) is 1. The Hall–Kier alpha value is -1.37. The van der Waals surface area contributed by atoms with Crippen LogP contribution in [0.3, 0.4) is 0 Å². The van der Waals surface area contributed by atoms with Crippen molar-refractivity contribution in [2.75, 3.05) is 19.7 Å². The van der Waals surface area contributed by atoms with E-state index in [1.807, 2.05) is 18.2 Å². The fourth-order valence-electron chi connectivity index (χ4n) is 2.13. The van der Waals surface area contributed by atoms with E-state index in [1.165, 1.54) is 5.56 Å². The minimum atomic E-state index is -0.0546. The molecule has 1 aliphatic rings.